The van der Waals surface area contributed by atoms with E-state index in [1.807, 2.05) is 13.8 Å². The van der Waals surface area contributed by atoms with Crippen molar-refractivity contribution in [1.82, 2.24) is 5.16 Å². The zero-order valence-corrected chi connectivity index (χ0v) is 10.9. The summed E-state index contributed by atoms with van der Waals surface area (Å²) in [5.74, 6) is 0.273. The summed E-state index contributed by atoms with van der Waals surface area (Å²) >= 11 is 0. The number of rotatable bonds is 4. The number of carbonyl (C=O) groups excluding carboxylic acids is 1. The minimum atomic E-state index is -0.486. The Balaban J connectivity index is 2.20. The minimum Gasteiger partial charge on any atom is -0.397 e. The van der Waals surface area contributed by atoms with Gasteiger partial charge in [0.25, 0.3) is 0 Å². The summed E-state index contributed by atoms with van der Waals surface area (Å²) in [6.07, 6.45) is 0. The molecule has 0 saturated heterocycles. The Labute approximate surface area is 110 Å². The second kappa shape index (κ2) is 5.01. The molecule has 1 heterocycles. The van der Waals surface area contributed by atoms with Gasteiger partial charge < -0.3 is 21.3 Å². The third-order valence-electron chi connectivity index (χ3n) is 2.97. The number of nitrogens with two attached hydrogens (primary N) is 2. The zero-order chi connectivity index (χ0) is 14.0. The molecule has 5 N–H and O–H groups in total. The number of carbonyl (C=O) groups is 1. The molecular formula is C13H16N4O2. The van der Waals surface area contributed by atoms with E-state index in [1.165, 1.54) is 0 Å². The summed E-state index contributed by atoms with van der Waals surface area (Å²) in [6.45, 7) is 4.24. The third-order valence-corrected chi connectivity index (χ3v) is 2.97. The molecule has 2 aromatic rings. The van der Waals surface area contributed by atoms with Gasteiger partial charge in [0.1, 0.15) is 5.76 Å². The number of anilines is 2. The highest BCUT2D eigenvalue weighted by atomic mass is 16.5. The van der Waals surface area contributed by atoms with Gasteiger partial charge in [-0.3, -0.25) is 4.79 Å². The molecule has 6 nitrogen and oxygen atoms in total. The predicted molar refractivity (Wildman–Crippen MR) is 72.7 cm³/mol. The van der Waals surface area contributed by atoms with E-state index in [9.17, 15) is 4.79 Å². The van der Waals surface area contributed by atoms with Crippen LogP contribution in [0.2, 0.25) is 0 Å². The van der Waals surface area contributed by atoms with E-state index in [1.54, 1.807) is 18.2 Å². The smallest absolute Gasteiger partial charge is 0.248 e. The van der Waals surface area contributed by atoms with Gasteiger partial charge in [0, 0.05) is 17.7 Å². The molecule has 1 aromatic heterocycles. The van der Waals surface area contributed by atoms with Crippen molar-refractivity contribution in [2.45, 2.75) is 20.4 Å². The van der Waals surface area contributed by atoms with Gasteiger partial charge in [0.15, 0.2) is 0 Å². The fraction of sp³-hybridized carbons (Fsp3) is 0.231. The number of amides is 1. The van der Waals surface area contributed by atoms with Crippen LogP contribution in [0.1, 0.15) is 27.4 Å². The Morgan fingerprint density at radius 1 is 1.42 bits per heavy atom. The summed E-state index contributed by atoms with van der Waals surface area (Å²) in [6, 6.07) is 4.88. The van der Waals surface area contributed by atoms with E-state index in [2.05, 4.69) is 10.5 Å². The Kier molecular flexibility index (Phi) is 3.41. The summed E-state index contributed by atoms with van der Waals surface area (Å²) in [5, 5.41) is 7.04. The van der Waals surface area contributed by atoms with Gasteiger partial charge in [-0.25, -0.2) is 0 Å². The molecule has 1 aromatic carbocycles. The molecule has 2 rings (SSSR count). The van der Waals surface area contributed by atoms with Crippen molar-refractivity contribution in [2.75, 3.05) is 11.1 Å². The van der Waals surface area contributed by atoms with Crippen LogP contribution >= 0.6 is 0 Å². The summed E-state index contributed by atoms with van der Waals surface area (Å²) in [5.41, 5.74) is 14.5. The average molecular weight is 260 g/mol. The molecular weight excluding hydrogens is 244 g/mol. The van der Waals surface area contributed by atoms with Crippen molar-refractivity contribution < 1.29 is 9.32 Å². The SMILES string of the molecule is Cc1noc(C)c1CNc1cc(C(N)=O)ccc1N. The normalized spacial score (nSPS) is 10.4. The van der Waals surface area contributed by atoms with Crippen LogP contribution in [0.15, 0.2) is 22.7 Å². The van der Waals surface area contributed by atoms with Gasteiger partial charge in [0.05, 0.1) is 17.1 Å². The topological polar surface area (TPSA) is 107 Å². The van der Waals surface area contributed by atoms with E-state index in [-0.39, 0.29) is 0 Å². The van der Waals surface area contributed by atoms with Crippen molar-refractivity contribution in [3.63, 3.8) is 0 Å². The molecule has 0 spiro atoms. The monoisotopic (exact) mass is 260 g/mol. The molecule has 6 heteroatoms. The molecule has 0 atom stereocenters. The molecule has 0 bridgehead atoms. The number of nitrogen functional groups attached to an aromatic ring is 1. The number of benzene rings is 1. The molecule has 0 saturated carbocycles. The average Bonchev–Trinajstić information content (AvgIpc) is 2.68. The maximum atomic E-state index is 11.1. The summed E-state index contributed by atoms with van der Waals surface area (Å²) < 4.78 is 5.08. The van der Waals surface area contributed by atoms with Gasteiger partial charge in [0.2, 0.25) is 5.91 Å². The van der Waals surface area contributed by atoms with Gasteiger partial charge in [-0.1, -0.05) is 5.16 Å². The highest BCUT2D eigenvalue weighted by Gasteiger charge is 2.10. The van der Waals surface area contributed by atoms with Crippen molar-refractivity contribution >= 4 is 17.3 Å². The second-order valence-corrected chi connectivity index (χ2v) is 4.32. The Morgan fingerprint density at radius 3 is 2.74 bits per heavy atom. The molecule has 100 valence electrons. The van der Waals surface area contributed by atoms with Crippen molar-refractivity contribution in [3.8, 4) is 0 Å². The van der Waals surface area contributed by atoms with Crippen LogP contribution < -0.4 is 16.8 Å². The quantitative estimate of drug-likeness (QED) is 0.723. The Morgan fingerprint density at radius 2 is 2.16 bits per heavy atom. The van der Waals surface area contributed by atoms with Crippen LogP contribution in [0, 0.1) is 13.8 Å². The molecule has 1 amide bonds. The number of nitrogens with one attached hydrogen (secondary N) is 1. The largest absolute Gasteiger partial charge is 0.397 e. The number of nitrogens with zero attached hydrogens (tertiary/aromatic N) is 1. The fourth-order valence-electron chi connectivity index (χ4n) is 1.80. The lowest BCUT2D eigenvalue weighted by molar-refractivity contribution is 0.100. The van der Waals surface area contributed by atoms with Crippen LogP contribution in [0.25, 0.3) is 0 Å². The first-order valence-corrected chi connectivity index (χ1v) is 5.84. The molecule has 0 fully saturated rings. The van der Waals surface area contributed by atoms with E-state index in [0.29, 0.717) is 23.5 Å². The van der Waals surface area contributed by atoms with Crippen LogP contribution in [0.5, 0.6) is 0 Å². The lowest BCUT2D eigenvalue weighted by Gasteiger charge is -2.10. The number of primary amides is 1. The fourth-order valence-corrected chi connectivity index (χ4v) is 1.80. The van der Waals surface area contributed by atoms with Crippen LogP contribution in [0.3, 0.4) is 0 Å². The lowest BCUT2D eigenvalue weighted by atomic mass is 10.1. The van der Waals surface area contributed by atoms with Gasteiger partial charge in [-0.2, -0.15) is 0 Å². The van der Waals surface area contributed by atoms with Gasteiger partial charge >= 0.3 is 0 Å². The minimum absolute atomic E-state index is 0.412. The molecule has 0 aliphatic rings. The van der Waals surface area contributed by atoms with Gasteiger partial charge in [-0.15, -0.1) is 0 Å². The molecule has 19 heavy (non-hydrogen) atoms. The molecule has 0 aliphatic carbocycles. The van der Waals surface area contributed by atoms with Crippen molar-refractivity contribution in [1.29, 1.82) is 0 Å². The molecule has 0 aliphatic heterocycles. The lowest BCUT2D eigenvalue weighted by Crippen LogP contribution is -2.12. The zero-order valence-electron chi connectivity index (χ0n) is 10.9. The first kappa shape index (κ1) is 12.9. The van der Waals surface area contributed by atoms with E-state index < -0.39 is 5.91 Å². The summed E-state index contributed by atoms with van der Waals surface area (Å²) in [4.78, 5) is 11.1. The van der Waals surface area contributed by atoms with Crippen LogP contribution in [-0.4, -0.2) is 11.1 Å². The highest BCUT2D eigenvalue weighted by Crippen LogP contribution is 2.22. The molecule has 0 radical (unpaired) electrons. The number of hydrogen-bond donors (Lipinski definition) is 3. The Bertz CT molecular complexity index is 600. The Hall–Kier alpha value is -2.50. The molecule has 0 unspecified atom stereocenters. The van der Waals surface area contributed by atoms with E-state index in [4.69, 9.17) is 16.0 Å². The van der Waals surface area contributed by atoms with E-state index in [0.717, 1.165) is 17.0 Å². The number of aryl methyl sites for hydroxylation is 2. The third kappa shape index (κ3) is 2.67. The standard InChI is InChI=1S/C13H16N4O2/c1-7-10(8(2)19-17-7)6-16-12-5-9(13(15)18)3-4-11(12)14/h3-5,16H,6,14H2,1-2H3,(H2,15,18). The van der Waals surface area contributed by atoms with E-state index >= 15 is 0 Å². The maximum Gasteiger partial charge on any atom is 0.248 e. The highest BCUT2D eigenvalue weighted by molar-refractivity contribution is 5.94. The summed E-state index contributed by atoms with van der Waals surface area (Å²) in [7, 11) is 0. The van der Waals surface area contributed by atoms with Crippen molar-refractivity contribution in [3.05, 3.63) is 40.8 Å². The predicted octanol–water partition coefficient (Wildman–Crippen LogP) is 1.58. The van der Waals surface area contributed by atoms with Crippen LogP contribution in [-0.2, 0) is 6.54 Å². The number of aromatic nitrogens is 1. The van der Waals surface area contributed by atoms with Gasteiger partial charge in [-0.05, 0) is 32.0 Å². The first-order chi connectivity index (χ1) is 8.99. The maximum absolute atomic E-state index is 11.1. The van der Waals surface area contributed by atoms with Crippen LogP contribution in [0.4, 0.5) is 11.4 Å². The van der Waals surface area contributed by atoms with Crippen molar-refractivity contribution in [2.24, 2.45) is 5.73 Å². The number of hydrogen-bond acceptors (Lipinski definition) is 5. The second-order valence-electron chi connectivity index (χ2n) is 4.32. The first-order valence-electron chi connectivity index (χ1n) is 5.84.